The Kier molecular flexibility index (Phi) is 8.81. The zero-order valence-electron chi connectivity index (χ0n) is 21.7. The molecule has 0 radical (unpaired) electrons. The Balaban J connectivity index is 1.81. The molecule has 0 bridgehead atoms. The lowest BCUT2D eigenvalue weighted by Gasteiger charge is -2.29. The molecule has 1 amide bonds. The first-order valence-electron chi connectivity index (χ1n) is 12.3. The van der Waals surface area contributed by atoms with E-state index in [0.717, 1.165) is 39.9 Å². The van der Waals surface area contributed by atoms with Gasteiger partial charge in [0.1, 0.15) is 6.04 Å². The Bertz CT molecular complexity index is 1320. The van der Waals surface area contributed by atoms with Crippen molar-refractivity contribution in [1.29, 1.82) is 0 Å². The first-order valence-corrected chi connectivity index (χ1v) is 14.1. The van der Waals surface area contributed by atoms with E-state index in [-0.39, 0.29) is 5.91 Å². The van der Waals surface area contributed by atoms with Gasteiger partial charge in [-0.3, -0.25) is 4.79 Å². The van der Waals surface area contributed by atoms with Crippen LogP contribution in [0.4, 0.5) is 11.6 Å². The molecule has 4 rings (SSSR count). The molecule has 1 aliphatic rings. The smallest absolute Gasteiger partial charge is 0.255 e. The van der Waals surface area contributed by atoms with Crippen LogP contribution in [0, 0.1) is 6.92 Å². The Morgan fingerprint density at radius 2 is 2.05 bits per heavy atom. The highest BCUT2D eigenvalue weighted by atomic mass is 79.9. The van der Waals surface area contributed by atoms with Crippen molar-refractivity contribution in [2.45, 2.75) is 51.7 Å². The molecule has 1 aliphatic heterocycles. The zero-order chi connectivity index (χ0) is 26.5. The van der Waals surface area contributed by atoms with Gasteiger partial charge in [-0.05, 0) is 78.5 Å². The van der Waals surface area contributed by atoms with E-state index >= 15 is 0 Å². The number of unbranched alkanes of at least 4 members (excludes halogenated alkanes) is 1. The molecule has 1 atom stereocenters. The number of amides is 1. The zero-order valence-corrected chi connectivity index (χ0v) is 24.1. The van der Waals surface area contributed by atoms with Crippen LogP contribution in [0.1, 0.15) is 50.8 Å². The SMILES string of the molecule is CCCCSc1nc2n(n1)C(c1cc(Br)c(OCC)c(OC)c1)C(C(=O)Nc1cccc(C)c1)=C(C)N2. The summed E-state index contributed by atoms with van der Waals surface area (Å²) >= 11 is 5.26. The highest BCUT2D eigenvalue weighted by Gasteiger charge is 2.35. The van der Waals surface area contributed by atoms with Crippen LogP contribution in [-0.4, -0.2) is 40.1 Å². The highest BCUT2D eigenvalue weighted by Crippen LogP contribution is 2.43. The fourth-order valence-corrected chi connectivity index (χ4v) is 5.69. The second-order valence-electron chi connectivity index (χ2n) is 8.72. The lowest BCUT2D eigenvalue weighted by molar-refractivity contribution is -0.113. The largest absolute Gasteiger partial charge is 0.493 e. The van der Waals surface area contributed by atoms with Gasteiger partial charge in [-0.1, -0.05) is 37.2 Å². The molecular formula is C27H32BrN5O3S. The number of aromatic nitrogens is 3. The number of fused-ring (bicyclic) bond motifs is 1. The minimum atomic E-state index is -0.532. The number of hydrogen-bond acceptors (Lipinski definition) is 7. The van der Waals surface area contributed by atoms with Crippen LogP contribution in [0.15, 0.2) is 57.3 Å². The number of methoxy groups -OCH3 is 1. The summed E-state index contributed by atoms with van der Waals surface area (Å²) in [6.07, 6.45) is 2.18. The summed E-state index contributed by atoms with van der Waals surface area (Å²) in [7, 11) is 1.60. The fourth-order valence-electron chi connectivity index (χ4n) is 4.21. The number of nitrogens with one attached hydrogen (secondary N) is 2. The predicted molar refractivity (Wildman–Crippen MR) is 152 cm³/mol. The number of hydrogen-bond donors (Lipinski definition) is 2. The van der Waals surface area contributed by atoms with Gasteiger partial charge in [0.05, 0.1) is 23.8 Å². The summed E-state index contributed by atoms with van der Waals surface area (Å²) in [4.78, 5) is 18.5. The maximum absolute atomic E-state index is 13.8. The number of anilines is 2. The quantitative estimate of drug-likeness (QED) is 0.205. The third kappa shape index (κ3) is 5.96. The number of aryl methyl sites for hydroxylation is 1. The van der Waals surface area contributed by atoms with Crippen LogP contribution in [-0.2, 0) is 4.79 Å². The first-order chi connectivity index (χ1) is 17.9. The van der Waals surface area contributed by atoms with Gasteiger partial charge in [-0.2, -0.15) is 4.98 Å². The van der Waals surface area contributed by atoms with Gasteiger partial charge in [0.25, 0.3) is 5.91 Å². The predicted octanol–water partition coefficient (Wildman–Crippen LogP) is 6.58. The Hall–Kier alpha value is -2.98. The number of nitrogens with zero attached hydrogens (tertiary/aromatic N) is 3. The lowest BCUT2D eigenvalue weighted by Crippen LogP contribution is -2.31. The Morgan fingerprint density at radius 3 is 2.76 bits per heavy atom. The van der Waals surface area contributed by atoms with E-state index in [0.29, 0.717) is 40.5 Å². The van der Waals surface area contributed by atoms with Gasteiger partial charge < -0.3 is 20.1 Å². The van der Waals surface area contributed by atoms with E-state index in [9.17, 15) is 4.79 Å². The molecule has 2 aromatic carbocycles. The molecule has 8 nitrogen and oxygen atoms in total. The first kappa shape index (κ1) is 27.1. The van der Waals surface area contributed by atoms with Crippen LogP contribution in [0.3, 0.4) is 0 Å². The molecule has 0 fully saturated rings. The number of allylic oxidation sites excluding steroid dienone is 1. The van der Waals surface area contributed by atoms with Crippen molar-refractivity contribution in [2.75, 3.05) is 30.1 Å². The van der Waals surface area contributed by atoms with Gasteiger partial charge >= 0.3 is 0 Å². The number of rotatable bonds is 10. The molecular weight excluding hydrogens is 554 g/mol. The van der Waals surface area contributed by atoms with Crippen molar-refractivity contribution in [2.24, 2.45) is 0 Å². The van der Waals surface area contributed by atoms with Gasteiger partial charge in [-0.15, -0.1) is 5.10 Å². The van der Waals surface area contributed by atoms with Crippen LogP contribution in [0.25, 0.3) is 0 Å². The van der Waals surface area contributed by atoms with Crippen LogP contribution >= 0.6 is 27.7 Å². The molecule has 2 N–H and O–H groups in total. The second kappa shape index (κ2) is 12.0. The van der Waals surface area contributed by atoms with E-state index < -0.39 is 6.04 Å². The Labute approximate surface area is 230 Å². The summed E-state index contributed by atoms with van der Waals surface area (Å²) in [5.74, 6) is 2.49. The van der Waals surface area contributed by atoms with E-state index in [1.54, 1.807) is 23.6 Å². The molecule has 0 spiro atoms. The van der Waals surface area contributed by atoms with Crippen LogP contribution in [0.5, 0.6) is 11.5 Å². The van der Waals surface area contributed by atoms with E-state index in [1.165, 1.54) is 0 Å². The number of carbonyl (C=O) groups excluding carboxylic acids is 1. The van der Waals surface area contributed by atoms with Gasteiger partial charge in [-0.25, -0.2) is 4.68 Å². The van der Waals surface area contributed by atoms with Gasteiger partial charge in [0.2, 0.25) is 11.1 Å². The maximum atomic E-state index is 13.8. The molecule has 3 aromatic rings. The summed E-state index contributed by atoms with van der Waals surface area (Å²) in [6.45, 7) is 8.46. The molecule has 37 heavy (non-hydrogen) atoms. The fraction of sp³-hybridized carbons (Fsp3) is 0.370. The molecule has 1 aromatic heterocycles. The second-order valence-corrected chi connectivity index (χ2v) is 10.6. The van der Waals surface area contributed by atoms with E-state index in [1.807, 2.05) is 57.2 Å². The average molecular weight is 587 g/mol. The standard InChI is InChI=1S/C27H32BrN5O3S/c1-6-8-12-37-27-31-26-29-17(4)22(25(34)30-19-11-9-10-16(3)13-19)23(33(26)32-27)18-14-20(28)24(36-7-2)21(15-18)35-5/h9-11,13-15,23H,6-8,12H2,1-5H3,(H,30,34)(H,29,31,32). The molecule has 0 saturated heterocycles. The summed E-state index contributed by atoms with van der Waals surface area (Å²) < 4.78 is 14.0. The van der Waals surface area contributed by atoms with Crippen LogP contribution < -0.4 is 20.1 Å². The normalized spacial score (nSPS) is 14.7. The molecule has 196 valence electrons. The van der Waals surface area contributed by atoms with E-state index in [4.69, 9.17) is 19.6 Å². The number of thioether (sulfide) groups is 1. The van der Waals surface area contributed by atoms with Crippen molar-refractivity contribution < 1.29 is 14.3 Å². The third-order valence-corrected chi connectivity index (χ3v) is 7.45. The number of carbonyl (C=O) groups is 1. The number of benzene rings is 2. The molecule has 1 unspecified atom stereocenters. The van der Waals surface area contributed by atoms with Gasteiger partial charge in [0, 0.05) is 17.1 Å². The maximum Gasteiger partial charge on any atom is 0.255 e. The minimum Gasteiger partial charge on any atom is -0.493 e. The topological polar surface area (TPSA) is 90.3 Å². The van der Waals surface area contributed by atoms with Crippen molar-refractivity contribution >= 4 is 45.2 Å². The van der Waals surface area contributed by atoms with Crippen LogP contribution in [0.2, 0.25) is 0 Å². The number of halogens is 1. The Morgan fingerprint density at radius 1 is 1.24 bits per heavy atom. The molecule has 10 heteroatoms. The molecule has 0 saturated carbocycles. The van der Waals surface area contributed by atoms with Crippen molar-refractivity contribution in [3.8, 4) is 11.5 Å². The summed E-state index contributed by atoms with van der Waals surface area (Å²) in [6, 6.07) is 11.1. The van der Waals surface area contributed by atoms with E-state index in [2.05, 4.69) is 33.5 Å². The average Bonchev–Trinajstić information content (AvgIpc) is 3.26. The van der Waals surface area contributed by atoms with Crippen molar-refractivity contribution in [3.63, 3.8) is 0 Å². The summed E-state index contributed by atoms with van der Waals surface area (Å²) in [5.41, 5.74) is 3.87. The highest BCUT2D eigenvalue weighted by molar-refractivity contribution is 9.10. The lowest BCUT2D eigenvalue weighted by atomic mass is 9.94. The minimum absolute atomic E-state index is 0.217. The molecule has 0 aliphatic carbocycles. The van der Waals surface area contributed by atoms with Gasteiger partial charge in [0.15, 0.2) is 11.5 Å². The molecule has 2 heterocycles. The third-order valence-electron chi connectivity index (χ3n) is 5.94. The summed E-state index contributed by atoms with van der Waals surface area (Å²) in [5, 5.41) is 11.9. The van der Waals surface area contributed by atoms with Crippen molar-refractivity contribution in [3.05, 3.63) is 63.3 Å². The number of ether oxygens (including phenoxy) is 2. The van der Waals surface area contributed by atoms with Crippen molar-refractivity contribution in [1.82, 2.24) is 14.8 Å². The monoisotopic (exact) mass is 585 g/mol.